The van der Waals surface area contributed by atoms with E-state index < -0.39 is 5.24 Å². The number of carbonyl (C=O) groups excluding carboxylic acids is 1. The summed E-state index contributed by atoms with van der Waals surface area (Å²) in [6.45, 7) is 0. The molecule has 0 spiro atoms. The van der Waals surface area contributed by atoms with Crippen LogP contribution in [0, 0.1) is 0 Å². The first-order valence-electron chi connectivity index (χ1n) is 1.05. The number of rotatable bonds is 0. The van der Waals surface area contributed by atoms with Crippen molar-refractivity contribution in [3.05, 3.63) is 10.4 Å². The van der Waals surface area contributed by atoms with Crippen molar-refractivity contribution in [2.45, 2.75) is 0 Å². The summed E-state index contributed by atoms with van der Waals surface area (Å²) in [5, 5.41) is 1.72. The first-order valence-corrected chi connectivity index (χ1v) is 1.50. The molecule has 5 heteroatoms. The molecule has 6 heavy (non-hydrogen) atoms. The van der Waals surface area contributed by atoms with Gasteiger partial charge < -0.3 is 0 Å². The summed E-state index contributed by atoms with van der Waals surface area (Å²) in [7, 11) is 0. The second-order valence-corrected chi connectivity index (χ2v) is 0.855. The molecule has 0 aromatic rings. The van der Waals surface area contributed by atoms with Crippen molar-refractivity contribution >= 4 is 17.9 Å². The fourth-order valence-corrected chi connectivity index (χ4v) is 0.0783. The Morgan fingerprint density at radius 2 is 2.50 bits per heavy atom. The van der Waals surface area contributed by atoms with Crippen LogP contribution >= 0.6 is 12.6 Å². The highest BCUT2D eigenvalue weighted by Gasteiger charge is 1.76. The van der Waals surface area contributed by atoms with Gasteiger partial charge in [-0.25, -0.2) is 0 Å². The molecule has 0 saturated carbocycles. The Bertz CT molecular complexity index is 103. The van der Waals surface area contributed by atoms with Crippen molar-refractivity contribution in [1.82, 2.24) is 0 Å². The van der Waals surface area contributed by atoms with Crippen LogP contribution < -0.4 is 0 Å². The van der Waals surface area contributed by atoms with Crippen LogP contribution in [0.15, 0.2) is 5.11 Å². The van der Waals surface area contributed by atoms with Crippen LogP contribution in [0.25, 0.3) is 10.4 Å². The van der Waals surface area contributed by atoms with E-state index in [-0.39, 0.29) is 0 Å². The van der Waals surface area contributed by atoms with Crippen LogP contribution in [-0.2, 0) is 0 Å². The van der Waals surface area contributed by atoms with E-state index >= 15 is 0 Å². The largest absolute Gasteiger partial charge is 0.280 e. The maximum Gasteiger partial charge on any atom is 0.272 e. The summed E-state index contributed by atoms with van der Waals surface area (Å²) in [6, 6.07) is 0. The van der Waals surface area contributed by atoms with Gasteiger partial charge in [0.25, 0.3) is 5.24 Å². The van der Waals surface area contributed by atoms with E-state index in [9.17, 15) is 4.79 Å². The lowest BCUT2D eigenvalue weighted by Crippen LogP contribution is -1.62. The van der Waals surface area contributed by atoms with Crippen LogP contribution in [-0.4, -0.2) is 5.24 Å². The van der Waals surface area contributed by atoms with Gasteiger partial charge in [0.2, 0.25) is 0 Å². The van der Waals surface area contributed by atoms with Crippen LogP contribution in [0.5, 0.6) is 0 Å². The molecule has 32 valence electrons. The van der Waals surface area contributed by atoms with Crippen molar-refractivity contribution in [1.29, 1.82) is 0 Å². The summed E-state index contributed by atoms with van der Waals surface area (Å²) < 4.78 is 0. The van der Waals surface area contributed by atoms with Gasteiger partial charge in [-0.05, 0) is 10.6 Å². The Balaban J connectivity index is 3.60. The highest BCUT2D eigenvalue weighted by molar-refractivity contribution is 7.96. The Morgan fingerprint density at radius 3 is 2.50 bits per heavy atom. The zero-order chi connectivity index (χ0) is 4.99. The lowest BCUT2D eigenvalue weighted by Gasteiger charge is -1.60. The van der Waals surface area contributed by atoms with E-state index in [1.54, 1.807) is 0 Å². The molecular formula is CHN3OS. The van der Waals surface area contributed by atoms with Crippen LogP contribution in [0.2, 0.25) is 0 Å². The van der Waals surface area contributed by atoms with Crippen molar-refractivity contribution in [2.24, 2.45) is 5.11 Å². The van der Waals surface area contributed by atoms with Crippen LogP contribution in [0.4, 0.5) is 4.79 Å². The van der Waals surface area contributed by atoms with Gasteiger partial charge in [-0.3, -0.25) is 4.79 Å². The fourth-order valence-electron chi connectivity index (χ4n) is 0.0383. The van der Waals surface area contributed by atoms with E-state index in [1.807, 2.05) is 0 Å². The quantitative estimate of drug-likeness (QED) is 0.214. The molecule has 0 atom stereocenters. The minimum absolute atomic E-state index is 0.808. The Kier molecular flexibility index (Phi) is 2.27. The number of nitrogens with zero attached hydrogens (tertiary/aromatic N) is 3. The summed E-state index contributed by atoms with van der Waals surface area (Å²) in [5.74, 6) is 0. The molecule has 0 aliphatic rings. The highest BCUT2D eigenvalue weighted by Crippen LogP contribution is 1.80. The molecule has 1 amide bonds. The summed E-state index contributed by atoms with van der Waals surface area (Å²) in [4.78, 5) is 11.6. The average molecular weight is 103 g/mol. The Hall–Kier alpha value is -0.670. The van der Waals surface area contributed by atoms with E-state index in [1.165, 1.54) is 0 Å². The fraction of sp³-hybridized carbons (Fsp3) is 0. The van der Waals surface area contributed by atoms with Gasteiger partial charge in [0, 0.05) is 4.91 Å². The first-order chi connectivity index (χ1) is 2.77. The summed E-state index contributed by atoms with van der Waals surface area (Å²) >= 11 is 3.12. The predicted molar refractivity (Wildman–Crippen MR) is 23.5 cm³/mol. The average Bonchev–Trinajstić information content (AvgIpc) is 1.35. The Morgan fingerprint density at radius 1 is 2.00 bits per heavy atom. The van der Waals surface area contributed by atoms with E-state index in [4.69, 9.17) is 5.53 Å². The molecule has 0 rings (SSSR count). The standard InChI is InChI=1S/CHN3OS/c2-4-3-1(5)6/h(H,5,6). The maximum absolute atomic E-state index is 9.49. The molecule has 0 aliphatic carbocycles. The van der Waals surface area contributed by atoms with Gasteiger partial charge in [0.1, 0.15) is 0 Å². The van der Waals surface area contributed by atoms with Gasteiger partial charge >= 0.3 is 0 Å². The minimum Gasteiger partial charge on any atom is -0.280 e. The minimum atomic E-state index is -0.808. The summed E-state index contributed by atoms with van der Waals surface area (Å²) in [6.07, 6.45) is 0. The zero-order valence-corrected chi connectivity index (χ0v) is 3.59. The number of amides is 1. The molecule has 0 aromatic carbocycles. The molecule has 0 heterocycles. The Labute approximate surface area is 39.2 Å². The molecule has 0 saturated heterocycles. The van der Waals surface area contributed by atoms with Crippen molar-refractivity contribution in [3.8, 4) is 0 Å². The molecule has 0 aliphatic heterocycles. The third-order valence-corrected chi connectivity index (χ3v) is 0.220. The third kappa shape index (κ3) is 3.33. The SMILES string of the molecule is [N-]=[N+]=NC(=O)S. The molecular weight excluding hydrogens is 102 g/mol. The van der Waals surface area contributed by atoms with E-state index in [2.05, 4.69) is 22.7 Å². The predicted octanol–water partition coefficient (Wildman–Crippen LogP) is 1.35. The van der Waals surface area contributed by atoms with Gasteiger partial charge in [-0.15, -0.1) is 0 Å². The lowest BCUT2D eigenvalue weighted by molar-refractivity contribution is 0.267. The van der Waals surface area contributed by atoms with Crippen LogP contribution in [0.3, 0.4) is 0 Å². The van der Waals surface area contributed by atoms with Crippen molar-refractivity contribution < 1.29 is 4.79 Å². The maximum atomic E-state index is 9.49. The van der Waals surface area contributed by atoms with Crippen molar-refractivity contribution in [3.63, 3.8) is 0 Å². The molecule has 0 N–H and O–H groups in total. The first kappa shape index (κ1) is 5.33. The van der Waals surface area contributed by atoms with Crippen LogP contribution in [0.1, 0.15) is 0 Å². The second-order valence-electron chi connectivity index (χ2n) is 0.472. The summed E-state index contributed by atoms with van der Waals surface area (Å²) in [5.41, 5.74) is 7.43. The van der Waals surface area contributed by atoms with Gasteiger partial charge in [0.05, 0.1) is 0 Å². The molecule has 4 nitrogen and oxygen atoms in total. The topological polar surface area (TPSA) is 65.8 Å². The van der Waals surface area contributed by atoms with E-state index in [0.29, 0.717) is 0 Å². The monoisotopic (exact) mass is 103 g/mol. The molecule has 0 unspecified atom stereocenters. The van der Waals surface area contributed by atoms with E-state index in [0.717, 1.165) is 0 Å². The smallest absolute Gasteiger partial charge is 0.272 e. The normalized spacial score (nSPS) is 6.17. The molecule has 0 bridgehead atoms. The molecule has 0 radical (unpaired) electrons. The number of hydrogen-bond donors (Lipinski definition) is 1. The lowest BCUT2D eigenvalue weighted by atomic mass is 11.4. The second kappa shape index (κ2) is 2.56. The van der Waals surface area contributed by atoms with Gasteiger partial charge in [-0.2, -0.15) is 0 Å². The van der Waals surface area contributed by atoms with Gasteiger partial charge in [0.15, 0.2) is 0 Å². The van der Waals surface area contributed by atoms with Crippen molar-refractivity contribution in [2.75, 3.05) is 0 Å². The highest BCUT2D eigenvalue weighted by atomic mass is 32.1. The number of azide groups is 1. The zero-order valence-electron chi connectivity index (χ0n) is 2.70. The molecule has 0 fully saturated rings. The molecule has 0 aromatic heterocycles. The third-order valence-electron chi connectivity index (χ3n) is 0.130. The number of hydrogen-bond acceptors (Lipinski definition) is 1. The van der Waals surface area contributed by atoms with Gasteiger partial charge in [-0.1, -0.05) is 12.6 Å². The number of thiol groups is 1. The number of carbonyl (C=O) groups is 1.